The molecule has 25 heavy (non-hydrogen) atoms. The van der Waals surface area contributed by atoms with Crippen LogP contribution in [0.25, 0.3) is 5.00 Å². The molecular formula is C18H22N2O3S2. The van der Waals surface area contributed by atoms with E-state index in [0.29, 0.717) is 12.0 Å². The highest BCUT2D eigenvalue weighted by Crippen LogP contribution is 2.37. The van der Waals surface area contributed by atoms with E-state index in [1.807, 2.05) is 35.3 Å². The lowest BCUT2D eigenvalue weighted by Gasteiger charge is -2.17. The molecule has 7 heteroatoms. The molecule has 0 aromatic carbocycles. The molecule has 0 bridgehead atoms. The summed E-state index contributed by atoms with van der Waals surface area (Å²) in [5.41, 5.74) is 1.85. The number of esters is 1. The Bertz CT molecular complexity index is 753. The molecule has 3 rings (SSSR count). The molecule has 2 aromatic heterocycles. The quantitative estimate of drug-likeness (QED) is 0.753. The fourth-order valence-electron chi connectivity index (χ4n) is 3.13. The highest BCUT2D eigenvalue weighted by atomic mass is 32.2. The van der Waals surface area contributed by atoms with Crippen molar-refractivity contribution >= 4 is 35.0 Å². The minimum atomic E-state index is -0.612. The predicted octanol–water partition coefficient (Wildman–Crippen LogP) is 3.05. The highest BCUT2D eigenvalue weighted by molar-refractivity contribution is 7.98. The van der Waals surface area contributed by atoms with Crippen molar-refractivity contribution < 1.29 is 14.3 Å². The van der Waals surface area contributed by atoms with Crippen molar-refractivity contribution in [3.63, 3.8) is 0 Å². The van der Waals surface area contributed by atoms with E-state index >= 15 is 0 Å². The lowest BCUT2D eigenvalue weighted by molar-refractivity contribution is -0.142. The number of carbonyl (C=O) groups excluding carboxylic acids is 2. The molecule has 5 nitrogen and oxygen atoms in total. The average Bonchev–Trinajstić information content (AvgIpc) is 3.33. The second kappa shape index (κ2) is 8.10. The summed E-state index contributed by atoms with van der Waals surface area (Å²) in [4.78, 5) is 26.3. The third-order valence-corrected chi connectivity index (χ3v) is 6.32. The Morgan fingerprint density at radius 2 is 2.12 bits per heavy atom. The molecular weight excluding hydrogens is 356 g/mol. The van der Waals surface area contributed by atoms with Crippen LogP contribution in [0.5, 0.6) is 0 Å². The Kier molecular flexibility index (Phi) is 5.86. The molecule has 1 unspecified atom stereocenters. The Balaban J connectivity index is 1.89. The van der Waals surface area contributed by atoms with E-state index in [2.05, 4.69) is 5.32 Å². The molecule has 0 fully saturated rings. The van der Waals surface area contributed by atoms with Crippen LogP contribution in [-0.4, -0.2) is 41.6 Å². The minimum Gasteiger partial charge on any atom is -0.467 e. The van der Waals surface area contributed by atoms with Crippen molar-refractivity contribution in [2.75, 3.05) is 19.1 Å². The van der Waals surface area contributed by atoms with Gasteiger partial charge in [-0.3, -0.25) is 4.79 Å². The molecule has 2 heterocycles. The summed E-state index contributed by atoms with van der Waals surface area (Å²) in [6, 6.07) is 3.28. The van der Waals surface area contributed by atoms with E-state index in [4.69, 9.17) is 4.74 Å². The fourth-order valence-corrected chi connectivity index (χ4v) is 4.96. The number of thiophene rings is 1. The van der Waals surface area contributed by atoms with Crippen molar-refractivity contribution in [3.8, 4) is 5.00 Å². The summed E-state index contributed by atoms with van der Waals surface area (Å²) >= 11 is 3.32. The number of methoxy groups -OCH3 is 1. The van der Waals surface area contributed by atoms with Gasteiger partial charge in [0.25, 0.3) is 5.91 Å². The van der Waals surface area contributed by atoms with Crippen LogP contribution in [0.15, 0.2) is 24.5 Å². The van der Waals surface area contributed by atoms with Crippen LogP contribution in [0.4, 0.5) is 0 Å². The van der Waals surface area contributed by atoms with E-state index in [0.717, 1.165) is 35.6 Å². The monoisotopic (exact) mass is 378 g/mol. The molecule has 1 N–H and O–H groups in total. The number of hydrogen-bond donors (Lipinski definition) is 1. The van der Waals surface area contributed by atoms with E-state index in [1.54, 1.807) is 23.1 Å². The number of aryl methyl sites for hydroxylation is 1. The number of ether oxygens (including phenoxy) is 1. The molecule has 1 aliphatic carbocycles. The molecule has 0 spiro atoms. The molecule has 1 aliphatic rings. The van der Waals surface area contributed by atoms with Crippen LogP contribution in [-0.2, 0) is 22.4 Å². The number of rotatable bonds is 7. The number of thioether (sulfide) groups is 1. The SMILES string of the molecule is COC(=O)C(CCSC)NC(=O)c1c(-n2cccc2)sc2c1CCC2. The maximum absolute atomic E-state index is 13.0. The standard InChI is InChI=1S/C18H22N2O3S2/c1-23-18(22)13(8-11-24-2)19-16(21)15-12-6-5-7-14(12)25-17(15)20-9-3-4-10-20/h3-4,9-10,13H,5-8,11H2,1-2H3,(H,19,21). The number of nitrogens with zero attached hydrogens (tertiary/aromatic N) is 1. The molecule has 0 aliphatic heterocycles. The third kappa shape index (κ3) is 3.77. The molecule has 1 amide bonds. The molecule has 134 valence electrons. The first kappa shape index (κ1) is 18.1. The first-order valence-corrected chi connectivity index (χ1v) is 10.5. The van der Waals surface area contributed by atoms with Gasteiger partial charge in [-0.15, -0.1) is 11.3 Å². The van der Waals surface area contributed by atoms with Crippen LogP contribution >= 0.6 is 23.1 Å². The average molecular weight is 379 g/mol. The summed E-state index contributed by atoms with van der Waals surface area (Å²) in [7, 11) is 1.36. The van der Waals surface area contributed by atoms with E-state index < -0.39 is 12.0 Å². The Morgan fingerprint density at radius 3 is 2.80 bits per heavy atom. The number of fused-ring (bicyclic) bond motifs is 1. The summed E-state index contributed by atoms with van der Waals surface area (Å²) in [5, 5.41) is 3.83. The van der Waals surface area contributed by atoms with Gasteiger partial charge in [0.2, 0.25) is 0 Å². The van der Waals surface area contributed by atoms with Gasteiger partial charge in [0.15, 0.2) is 0 Å². The predicted molar refractivity (Wildman–Crippen MR) is 102 cm³/mol. The lowest BCUT2D eigenvalue weighted by atomic mass is 10.1. The van der Waals surface area contributed by atoms with Crippen molar-refractivity contribution in [1.29, 1.82) is 0 Å². The lowest BCUT2D eigenvalue weighted by Crippen LogP contribution is -2.42. The maximum Gasteiger partial charge on any atom is 0.328 e. The topological polar surface area (TPSA) is 60.3 Å². The van der Waals surface area contributed by atoms with Crippen molar-refractivity contribution in [3.05, 3.63) is 40.5 Å². The molecule has 2 aromatic rings. The van der Waals surface area contributed by atoms with Crippen molar-refractivity contribution in [2.45, 2.75) is 31.7 Å². The fraction of sp³-hybridized carbons (Fsp3) is 0.444. The number of hydrogen-bond acceptors (Lipinski definition) is 5. The van der Waals surface area contributed by atoms with Gasteiger partial charge in [0.1, 0.15) is 11.0 Å². The number of amides is 1. The van der Waals surface area contributed by atoms with Crippen LogP contribution < -0.4 is 5.32 Å². The van der Waals surface area contributed by atoms with Gasteiger partial charge in [-0.25, -0.2) is 4.79 Å². The Hall–Kier alpha value is -1.73. The number of carbonyl (C=O) groups is 2. The van der Waals surface area contributed by atoms with Gasteiger partial charge >= 0.3 is 5.97 Å². The smallest absolute Gasteiger partial charge is 0.328 e. The largest absolute Gasteiger partial charge is 0.467 e. The summed E-state index contributed by atoms with van der Waals surface area (Å²) in [6.07, 6.45) is 9.46. The first-order valence-electron chi connectivity index (χ1n) is 8.31. The number of aromatic nitrogens is 1. The molecule has 0 saturated carbocycles. The third-order valence-electron chi connectivity index (χ3n) is 4.37. The number of nitrogens with one attached hydrogen (secondary N) is 1. The molecule has 0 radical (unpaired) electrons. The Labute approximate surface area is 155 Å². The van der Waals surface area contributed by atoms with Crippen LogP contribution in [0.1, 0.15) is 33.6 Å². The van der Waals surface area contributed by atoms with E-state index in [1.165, 1.54) is 12.0 Å². The highest BCUT2D eigenvalue weighted by Gasteiger charge is 2.30. The normalized spacial score (nSPS) is 14.2. The molecule has 0 saturated heterocycles. The van der Waals surface area contributed by atoms with Gasteiger partial charge in [0, 0.05) is 17.3 Å². The van der Waals surface area contributed by atoms with Gasteiger partial charge in [-0.2, -0.15) is 11.8 Å². The zero-order valence-corrected chi connectivity index (χ0v) is 16.0. The zero-order valence-electron chi connectivity index (χ0n) is 14.4. The van der Waals surface area contributed by atoms with E-state index in [-0.39, 0.29) is 5.91 Å². The van der Waals surface area contributed by atoms with Crippen LogP contribution in [0.2, 0.25) is 0 Å². The Morgan fingerprint density at radius 1 is 1.36 bits per heavy atom. The van der Waals surface area contributed by atoms with Crippen LogP contribution in [0.3, 0.4) is 0 Å². The summed E-state index contributed by atoms with van der Waals surface area (Å²) in [6.45, 7) is 0. The van der Waals surface area contributed by atoms with Gasteiger partial charge in [-0.05, 0) is 55.4 Å². The van der Waals surface area contributed by atoms with Crippen LogP contribution in [0, 0.1) is 0 Å². The van der Waals surface area contributed by atoms with Gasteiger partial charge in [-0.1, -0.05) is 0 Å². The first-order chi connectivity index (χ1) is 12.2. The van der Waals surface area contributed by atoms with Crippen molar-refractivity contribution in [2.24, 2.45) is 0 Å². The van der Waals surface area contributed by atoms with Gasteiger partial charge in [0.05, 0.1) is 12.7 Å². The maximum atomic E-state index is 13.0. The second-order valence-electron chi connectivity index (χ2n) is 5.96. The summed E-state index contributed by atoms with van der Waals surface area (Å²) in [5.74, 6) is 0.211. The minimum absolute atomic E-state index is 0.181. The van der Waals surface area contributed by atoms with Crippen molar-refractivity contribution in [1.82, 2.24) is 9.88 Å². The zero-order chi connectivity index (χ0) is 17.8. The molecule has 1 atom stereocenters. The summed E-state index contributed by atoms with van der Waals surface area (Å²) < 4.78 is 6.84. The van der Waals surface area contributed by atoms with Gasteiger partial charge < -0.3 is 14.6 Å². The second-order valence-corrected chi connectivity index (χ2v) is 8.03. The van der Waals surface area contributed by atoms with E-state index in [9.17, 15) is 9.59 Å².